The zero-order valence-electron chi connectivity index (χ0n) is 11.6. The summed E-state index contributed by atoms with van der Waals surface area (Å²) in [5, 5.41) is 27.2. The van der Waals surface area contributed by atoms with E-state index in [1.54, 1.807) is 0 Å². The standard InChI is InChI=1S/C9H14N2O.2C2H4O2/c10-6-7-11-9(12)8-4-2-1-3-5-8;2*1-2(3)4/h1-5,9,11-12H,6-7,10H2;2*1H3,(H,3,4). The summed E-state index contributed by atoms with van der Waals surface area (Å²) < 4.78 is 0. The molecule has 1 aromatic carbocycles. The van der Waals surface area contributed by atoms with Crippen LogP contribution in [0.4, 0.5) is 0 Å². The largest absolute Gasteiger partial charge is 0.481 e. The molecule has 0 aromatic heterocycles. The molecular weight excluding hydrogens is 264 g/mol. The lowest BCUT2D eigenvalue weighted by Crippen LogP contribution is -2.26. The Labute approximate surface area is 118 Å². The molecule has 20 heavy (non-hydrogen) atoms. The smallest absolute Gasteiger partial charge is 0.300 e. The van der Waals surface area contributed by atoms with Crippen molar-refractivity contribution in [3.05, 3.63) is 35.9 Å². The normalized spacial score (nSPS) is 10.2. The Morgan fingerprint density at radius 2 is 1.55 bits per heavy atom. The van der Waals surface area contributed by atoms with Gasteiger partial charge in [0.25, 0.3) is 11.9 Å². The van der Waals surface area contributed by atoms with Gasteiger partial charge in [-0.05, 0) is 5.56 Å². The van der Waals surface area contributed by atoms with Gasteiger partial charge in [-0.1, -0.05) is 30.3 Å². The summed E-state index contributed by atoms with van der Waals surface area (Å²) in [4.78, 5) is 18.0. The fraction of sp³-hybridized carbons (Fsp3) is 0.385. The summed E-state index contributed by atoms with van der Waals surface area (Å²) in [5.41, 5.74) is 6.15. The first-order valence-electron chi connectivity index (χ1n) is 5.86. The van der Waals surface area contributed by atoms with Crippen molar-refractivity contribution in [2.24, 2.45) is 5.73 Å². The van der Waals surface area contributed by atoms with Gasteiger partial charge in [0, 0.05) is 26.9 Å². The van der Waals surface area contributed by atoms with Crippen LogP contribution in [0.3, 0.4) is 0 Å². The van der Waals surface area contributed by atoms with Crippen molar-refractivity contribution < 1.29 is 24.9 Å². The Hall–Kier alpha value is -1.96. The molecule has 1 unspecified atom stereocenters. The highest BCUT2D eigenvalue weighted by molar-refractivity contribution is 5.63. The number of hydrogen-bond donors (Lipinski definition) is 5. The number of hydrogen-bond acceptors (Lipinski definition) is 5. The lowest BCUT2D eigenvalue weighted by Gasteiger charge is -2.11. The molecule has 0 amide bonds. The van der Waals surface area contributed by atoms with Crippen molar-refractivity contribution in [2.75, 3.05) is 13.1 Å². The van der Waals surface area contributed by atoms with Crippen LogP contribution in [0.5, 0.6) is 0 Å². The molecule has 0 saturated carbocycles. The van der Waals surface area contributed by atoms with E-state index in [4.69, 9.17) is 25.5 Å². The zero-order valence-corrected chi connectivity index (χ0v) is 11.6. The van der Waals surface area contributed by atoms with Gasteiger partial charge in [0.1, 0.15) is 6.23 Å². The van der Waals surface area contributed by atoms with Crippen LogP contribution in [0.15, 0.2) is 30.3 Å². The van der Waals surface area contributed by atoms with E-state index >= 15 is 0 Å². The number of nitrogens with two attached hydrogens (primary N) is 1. The zero-order chi connectivity index (χ0) is 16.0. The minimum Gasteiger partial charge on any atom is -0.481 e. The summed E-state index contributed by atoms with van der Waals surface area (Å²) in [6.45, 7) is 3.32. The monoisotopic (exact) mass is 286 g/mol. The Bertz CT molecular complexity index is 350. The van der Waals surface area contributed by atoms with Crippen LogP contribution in [-0.4, -0.2) is 40.3 Å². The molecular formula is C13H22N2O5. The Balaban J connectivity index is 0. The number of aliphatic carboxylic acids is 2. The predicted molar refractivity (Wildman–Crippen MR) is 75.1 cm³/mol. The van der Waals surface area contributed by atoms with Crippen LogP contribution in [-0.2, 0) is 9.59 Å². The number of nitrogens with one attached hydrogen (secondary N) is 1. The van der Waals surface area contributed by atoms with Gasteiger partial charge in [-0.25, -0.2) is 0 Å². The van der Waals surface area contributed by atoms with E-state index in [1.165, 1.54) is 0 Å². The quantitative estimate of drug-likeness (QED) is 0.506. The van der Waals surface area contributed by atoms with Crippen molar-refractivity contribution in [3.63, 3.8) is 0 Å². The van der Waals surface area contributed by atoms with E-state index in [-0.39, 0.29) is 0 Å². The van der Waals surface area contributed by atoms with Gasteiger partial charge in [-0.2, -0.15) is 0 Å². The van der Waals surface area contributed by atoms with Crippen LogP contribution in [0.2, 0.25) is 0 Å². The summed E-state index contributed by atoms with van der Waals surface area (Å²) in [6.07, 6.45) is -0.602. The van der Waals surface area contributed by atoms with Crippen LogP contribution in [0.1, 0.15) is 25.6 Å². The second-order valence-electron chi connectivity index (χ2n) is 3.59. The molecule has 0 aliphatic rings. The van der Waals surface area contributed by atoms with Crippen molar-refractivity contribution in [1.29, 1.82) is 0 Å². The molecule has 7 heteroatoms. The van der Waals surface area contributed by atoms with Crippen molar-refractivity contribution in [2.45, 2.75) is 20.1 Å². The number of carbonyl (C=O) groups is 2. The molecule has 0 heterocycles. The van der Waals surface area contributed by atoms with Gasteiger partial charge < -0.3 is 21.1 Å². The van der Waals surface area contributed by atoms with Gasteiger partial charge in [0.05, 0.1) is 0 Å². The second kappa shape index (κ2) is 13.5. The first-order valence-corrected chi connectivity index (χ1v) is 5.86. The molecule has 1 atom stereocenters. The predicted octanol–water partition coefficient (Wildman–Crippen LogP) is 0.408. The van der Waals surface area contributed by atoms with E-state index in [1.807, 2.05) is 30.3 Å². The van der Waals surface area contributed by atoms with E-state index in [2.05, 4.69) is 5.32 Å². The number of carboxylic acids is 2. The first-order chi connectivity index (χ1) is 9.31. The summed E-state index contributed by atoms with van der Waals surface area (Å²) >= 11 is 0. The fourth-order valence-electron chi connectivity index (χ4n) is 0.973. The third-order valence-corrected chi connectivity index (χ3v) is 1.60. The van der Waals surface area contributed by atoms with Gasteiger partial charge in [-0.15, -0.1) is 0 Å². The van der Waals surface area contributed by atoms with E-state index in [0.717, 1.165) is 19.4 Å². The molecule has 0 saturated heterocycles. The summed E-state index contributed by atoms with van der Waals surface area (Å²) in [5.74, 6) is -1.67. The molecule has 0 radical (unpaired) electrons. The molecule has 0 aliphatic heterocycles. The minimum atomic E-state index is -0.833. The van der Waals surface area contributed by atoms with Crippen LogP contribution in [0, 0.1) is 0 Å². The Morgan fingerprint density at radius 3 is 1.90 bits per heavy atom. The van der Waals surface area contributed by atoms with Crippen molar-refractivity contribution >= 4 is 11.9 Å². The lowest BCUT2D eigenvalue weighted by atomic mass is 10.2. The Kier molecular flexibility index (Phi) is 13.7. The average Bonchev–Trinajstić information content (AvgIpc) is 2.35. The van der Waals surface area contributed by atoms with Crippen molar-refractivity contribution in [3.8, 4) is 0 Å². The van der Waals surface area contributed by atoms with Gasteiger partial charge in [0.15, 0.2) is 0 Å². The van der Waals surface area contributed by atoms with E-state index < -0.39 is 18.2 Å². The maximum atomic E-state index is 9.48. The van der Waals surface area contributed by atoms with Crippen LogP contribution >= 0.6 is 0 Å². The molecule has 114 valence electrons. The number of rotatable bonds is 4. The Morgan fingerprint density at radius 1 is 1.15 bits per heavy atom. The molecule has 1 rings (SSSR count). The molecule has 0 spiro atoms. The number of aliphatic hydroxyl groups is 1. The topological polar surface area (TPSA) is 133 Å². The molecule has 7 nitrogen and oxygen atoms in total. The lowest BCUT2D eigenvalue weighted by molar-refractivity contribution is -0.135. The third-order valence-electron chi connectivity index (χ3n) is 1.60. The molecule has 0 bridgehead atoms. The van der Waals surface area contributed by atoms with Gasteiger partial charge in [-0.3, -0.25) is 14.9 Å². The first kappa shape index (κ1) is 20.4. The number of benzene rings is 1. The number of carboxylic acid groups (broad SMARTS) is 2. The average molecular weight is 286 g/mol. The van der Waals surface area contributed by atoms with E-state index in [0.29, 0.717) is 13.1 Å². The highest BCUT2D eigenvalue weighted by Gasteiger charge is 2.02. The molecule has 0 aliphatic carbocycles. The van der Waals surface area contributed by atoms with Gasteiger partial charge >= 0.3 is 0 Å². The SMILES string of the molecule is CC(=O)O.CC(=O)O.NCCNC(O)c1ccccc1. The third kappa shape index (κ3) is 18.4. The maximum Gasteiger partial charge on any atom is 0.300 e. The molecule has 0 fully saturated rings. The van der Waals surface area contributed by atoms with Gasteiger partial charge in [0.2, 0.25) is 0 Å². The van der Waals surface area contributed by atoms with E-state index in [9.17, 15) is 5.11 Å². The summed E-state index contributed by atoms with van der Waals surface area (Å²) in [6, 6.07) is 9.44. The highest BCUT2D eigenvalue weighted by Crippen LogP contribution is 2.07. The highest BCUT2D eigenvalue weighted by atomic mass is 16.4. The van der Waals surface area contributed by atoms with Crippen molar-refractivity contribution in [1.82, 2.24) is 5.32 Å². The second-order valence-corrected chi connectivity index (χ2v) is 3.59. The minimum absolute atomic E-state index is 0.532. The maximum absolute atomic E-state index is 9.48. The summed E-state index contributed by atoms with van der Waals surface area (Å²) in [7, 11) is 0. The molecule has 1 aromatic rings. The van der Waals surface area contributed by atoms with Crippen LogP contribution < -0.4 is 11.1 Å². The molecule has 6 N–H and O–H groups in total. The number of aliphatic hydroxyl groups excluding tert-OH is 1. The van der Waals surface area contributed by atoms with Crippen LogP contribution in [0.25, 0.3) is 0 Å². The fourth-order valence-corrected chi connectivity index (χ4v) is 0.973.